The van der Waals surface area contributed by atoms with Gasteiger partial charge in [-0.1, -0.05) is 57.5 Å². The van der Waals surface area contributed by atoms with Gasteiger partial charge in [-0.3, -0.25) is 4.79 Å². The first-order valence-corrected chi connectivity index (χ1v) is 9.67. The second-order valence-electron chi connectivity index (χ2n) is 7.74. The molecule has 25 heavy (non-hydrogen) atoms. The van der Waals surface area contributed by atoms with Gasteiger partial charge in [0.2, 0.25) is 5.91 Å². The number of nitrogens with two attached hydrogens (primary N) is 1. The van der Waals surface area contributed by atoms with E-state index < -0.39 is 0 Å². The highest BCUT2D eigenvalue weighted by Crippen LogP contribution is 2.38. The van der Waals surface area contributed by atoms with Crippen LogP contribution < -0.4 is 11.1 Å². The minimum absolute atomic E-state index is 0.120. The molecule has 0 heterocycles. The highest BCUT2D eigenvalue weighted by atomic mass is 16.5. The molecule has 4 atom stereocenters. The van der Waals surface area contributed by atoms with Crippen molar-refractivity contribution in [2.45, 2.75) is 46.1 Å². The molecule has 0 bridgehead atoms. The molecular formula is C21H34N2O2. The van der Waals surface area contributed by atoms with Crippen LogP contribution in [0.25, 0.3) is 0 Å². The van der Waals surface area contributed by atoms with Gasteiger partial charge in [-0.2, -0.15) is 0 Å². The minimum Gasteiger partial charge on any atom is -0.370 e. The molecule has 0 aliphatic heterocycles. The average molecular weight is 347 g/mol. The lowest BCUT2D eigenvalue weighted by atomic mass is 9.70. The molecule has 1 aromatic rings. The van der Waals surface area contributed by atoms with Crippen molar-refractivity contribution in [1.29, 1.82) is 0 Å². The summed E-state index contributed by atoms with van der Waals surface area (Å²) in [6, 6.07) is 10.0. The summed E-state index contributed by atoms with van der Waals surface area (Å²) in [7, 11) is 0. The summed E-state index contributed by atoms with van der Waals surface area (Å²) in [6.45, 7) is 8.19. The van der Waals surface area contributed by atoms with Crippen molar-refractivity contribution in [2.24, 2.45) is 29.4 Å². The molecule has 0 spiro atoms. The second-order valence-corrected chi connectivity index (χ2v) is 7.74. The predicted molar refractivity (Wildman–Crippen MR) is 102 cm³/mol. The third-order valence-corrected chi connectivity index (χ3v) is 5.43. The minimum atomic E-state index is -0.146. The van der Waals surface area contributed by atoms with E-state index in [1.54, 1.807) is 0 Å². The molecule has 1 fully saturated rings. The first-order chi connectivity index (χ1) is 12.0. The molecule has 0 saturated heterocycles. The summed E-state index contributed by atoms with van der Waals surface area (Å²) in [5.41, 5.74) is 6.66. The topological polar surface area (TPSA) is 64.3 Å². The molecule has 0 radical (unpaired) electrons. The van der Waals surface area contributed by atoms with Gasteiger partial charge in [-0.15, -0.1) is 0 Å². The fourth-order valence-electron chi connectivity index (χ4n) is 3.98. The lowest BCUT2D eigenvalue weighted by molar-refractivity contribution is -0.130. The third kappa shape index (κ3) is 5.82. The summed E-state index contributed by atoms with van der Waals surface area (Å²) in [5.74, 6) is 1.96. The molecule has 1 saturated carbocycles. The van der Waals surface area contributed by atoms with Gasteiger partial charge >= 0.3 is 0 Å². The summed E-state index contributed by atoms with van der Waals surface area (Å²) in [5, 5.41) is 3.16. The van der Waals surface area contributed by atoms with Crippen molar-refractivity contribution in [1.82, 2.24) is 5.32 Å². The Kier molecular flexibility index (Phi) is 7.91. The quantitative estimate of drug-likeness (QED) is 0.757. The van der Waals surface area contributed by atoms with Crippen molar-refractivity contribution in [3.63, 3.8) is 0 Å². The Hall–Kier alpha value is -1.39. The molecule has 4 heteroatoms. The van der Waals surface area contributed by atoms with Crippen LogP contribution in [0.2, 0.25) is 0 Å². The molecule has 0 aromatic heterocycles. The van der Waals surface area contributed by atoms with Crippen LogP contribution in [0.15, 0.2) is 30.3 Å². The number of benzene rings is 1. The van der Waals surface area contributed by atoms with E-state index in [0.29, 0.717) is 37.5 Å². The number of amides is 1. The zero-order valence-electron chi connectivity index (χ0n) is 15.9. The zero-order valence-corrected chi connectivity index (χ0v) is 15.9. The monoisotopic (exact) mass is 346 g/mol. The number of hydrogen-bond donors (Lipinski definition) is 2. The summed E-state index contributed by atoms with van der Waals surface area (Å²) < 4.78 is 5.87. The predicted octanol–water partition coefficient (Wildman–Crippen LogP) is 3.53. The Morgan fingerprint density at radius 2 is 2.00 bits per heavy atom. The fraction of sp³-hybridized carbons (Fsp3) is 0.667. The molecule has 1 amide bonds. The lowest BCUT2D eigenvalue weighted by Crippen LogP contribution is -2.41. The number of hydrogen-bond acceptors (Lipinski definition) is 3. The SMILES string of the molecule is CC1CCC(C(C)C)C(C(=O)NCC(OCCN)c2ccccc2)C1. The fourth-order valence-corrected chi connectivity index (χ4v) is 3.98. The van der Waals surface area contributed by atoms with E-state index in [0.717, 1.165) is 18.4 Å². The van der Waals surface area contributed by atoms with Crippen LogP contribution in [-0.2, 0) is 9.53 Å². The normalized spacial score (nSPS) is 24.9. The van der Waals surface area contributed by atoms with Gasteiger partial charge in [0.15, 0.2) is 0 Å². The van der Waals surface area contributed by atoms with E-state index in [1.807, 2.05) is 30.3 Å². The zero-order chi connectivity index (χ0) is 18.2. The summed E-state index contributed by atoms with van der Waals surface area (Å²) in [6.07, 6.45) is 3.24. The Labute approximate surface area is 152 Å². The van der Waals surface area contributed by atoms with Crippen LogP contribution in [0.4, 0.5) is 0 Å². The Balaban J connectivity index is 1.99. The maximum absolute atomic E-state index is 12.9. The second kappa shape index (κ2) is 9.93. The van der Waals surface area contributed by atoms with E-state index in [2.05, 4.69) is 26.1 Å². The van der Waals surface area contributed by atoms with Crippen LogP contribution in [-0.4, -0.2) is 25.6 Å². The van der Waals surface area contributed by atoms with E-state index in [-0.39, 0.29) is 17.9 Å². The molecule has 1 aliphatic rings. The first-order valence-electron chi connectivity index (χ1n) is 9.67. The summed E-state index contributed by atoms with van der Waals surface area (Å²) >= 11 is 0. The first kappa shape index (κ1) is 19.9. The summed E-state index contributed by atoms with van der Waals surface area (Å²) in [4.78, 5) is 12.9. The standard InChI is InChI=1S/C21H34N2O2/c1-15(2)18-10-9-16(3)13-19(18)21(24)23-14-20(25-12-11-22)17-7-5-4-6-8-17/h4-8,15-16,18-20H,9-14,22H2,1-3H3,(H,23,24). The van der Waals surface area contributed by atoms with Gasteiger partial charge < -0.3 is 15.8 Å². The number of carbonyl (C=O) groups is 1. The van der Waals surface area contributed by atoms with Crippen molar-refractivity contribution >= 4 is 5.91 Å². The third-order valence-electron chi connectivity index (χ3n) is 5.43. The van der Waals surface area contributed by atoms with Crippen molar-refractivity contribution in [3.05, 3.63) is 35.9 Å². The van der Waals surface area contributed by atoms with Crippen LogP contribution in [0.3, 0.4) is 0 Å². The van der Waals surface area contributed by atoms with E-state index in [9.17, 15) is 4.79 Å². The van der Waals surface area contributed by atoms with Crippen molar-refractivity contribution < 1.29 is 9.53 Å². The molecule has 4 nitrogen and oxygen atoms in total. The molecule has 1 aromatic carbocycles. The van der Waals surface area contributed by atoms with Gasteiger partial charge in [0.25, 0.3) is 0 Å². The molecule has 3 N–H and O–H groups in total. The lowest BCUT2D eigenvalue weighted by Gasteiger charge is -2.36. The molecule has 140 valence electrons. The highest BCUT2D eigenvalue weighted by molar-refractivity contribution is 5.79. The number of carbonyl (C=O) groups excluding carboxylic acids is 1. The van der Waals surface area contributed by atoms with Gasteiger partial charge in [0, 0.05) is 19.0 Å². The smallest absolute Gasteiger partial charge is 0.223 e. The molecular weight excluding hydrogens is 312 g/mol. The van der Waals surface area contributed by atoms with Gasteiger partial charge in [0.05, 0.1) is 12.7 Å². The average Bonchev–Trinajstić information content (AvgIpc) is 2.62. The molecule has 4 unspecified atom stereocenters. The van der Waals surface area contributed by atoms with Crippen molar-refractivity contribution in [3.8, 4) is 0 Å². The Bertz CT molecular complexity index is 518. The van der Waals surface area contributed by atoms with Crippen LogP contribution in [0.5, 0.6) is 0 Å². The number of rotatable bonds is 8. The van der Waals surface area contributed by atoms with Crippen LogP contribution in [0.1, 0.15) is 51.7 Å². The van der Waals surface area contributed by atoms with Gasteiger partial charge in [-0.25, -0.2) is 0 Å². The number of nitrogens with one attached hydrogen (secondary N) is 1. The molecule has 1 aliphatic carbocycles. The van der Waals surface area contributed by atoms with E-state index in [4.69, 9.17) is 10.5 Å². The Morgan fingerprint density at radius 1 is 1.28 bits per heavy atom. The Morgan fingerprint density at radius 3 is 2.64 bits per heavy atom. The number of ether oxygens (including phenoxy) is 1. The van der Waals surface area contributed by atoms with Crippen molar-refractivity contribution in [2.75, 3.05) is 19.7 Å². The van der Waals surface area contributed by atoms with Crippen LogP contribution >= 0.6 is 0 Å². The maximum Gasteiger partial charge on any atom is 0.223 e. The van der Waals surface area contributed by atoms with Crippen LogP contribution in [0, 0.1) is 23.7 Å². The highest BCUT2D eigenvalue weighted by Gasteiger charge is 2.35. The maximum atomic E-state index is 12.9. The van der Waals surface area contributed by atoms with Gasteiger partial charge in [0.1, 0.15) is 0 Å². The molecule has 2 rings (SSSR count). The van der Waals surface area contributed by atoms with E-state index in [1.165, 1.54) is 6.42 Å². The van der Waals surface area contributed by atoms with Gasteiger partial charge in [-0.05, 0) is 36.2 Å². The largest absolute Gasteiger partial charge is 0.370 e. The van der Waals surface area contributed by atoms with E-state index >= 15 is 0 Å².